The lowest BCUT2D eigenvalue weighted by Gasteiger charge is -2.13. The third-order valence-corrected chi connectivity index (χ3v) is 1.93. The van der Waals surface area contributed by atoms with Gasteiger partial charge in [0.1, 0.15) is 12.2 Å². The number of aromatic nitrogens is 3. The summed E-state index contributed by atoms with van der Waals surface area (Å²) in [4.78, 5) is 17.1. The van der Waals surface area contributed by atoms with Gasteiger partial charge in [-0.2, -0.15) is 5.10 Å². The summed E-state index contributed by atoms with van der Waals surface area (Å²) in [6, 6.07) is 3.30. The van der Waals surface area contributed by atoms with Crippen LogP contribution in [-0.2, 0) is 6.54 Å². The standard InChI is InChI=1S/C9H10N4O2/c1-13(5-8-10-6-11-12-8)9(14)7-3-2-4-15-7/h2-4,6H,5H2,1H3,(H,10,11,12). The average molecular weight is 206 g/mol. The molecule has 0 aromatic carbocycles. The Kier molecular flexibility index (Phi) is 2.49. The van der Waals surface area contributed by atoms with Crippen molar-refractivity contribution in [1.82, 2.24) is 20.1 Å². The van der Waals surface area contributed by atoms with Crippen LogP contribution >= 0.6 is 0 Å². The van der Waals surface area contributed by atoms with Crippen LogP contribution in [-0.4, -0.2) is 33.0 Å². The van der Waals surface area contributed by atoms with E-state index < -0.39 is 0 Å². The maximum absolute atomic E-state index is 11.7. The molecule has 0 atom stereocenters. The summed E-state index contributed by atoms with van der Waals surface area (Å²) in [6.07, 6.45) is 2.87. The van der Waals surface area contributed by atoms with Gasteiger partial charge in [0.25, 0.3) is 5.91 Å². The van der Waals surface area contributed by atoms with Gasteiger partial charge in [-0.25, -0.2) is 4.98 Å². The van der Waals surface area contributed by atoms with E-state index in [9.17, 15) is 4.79 Å². The van der Waals surface area contributed by atoms with Crippen LogP contribution in [0.4, 0.5) is 0 Å². The van der Waals surface area contributed by atoms with Crippen molar-refractivity contribution in [3.05, 3.63) is 36.3 Å². The zero-order valence-corrected chi connectivity index (χ0v) is 8.17. The summed E-state index contributed by atoms with van der Waals surface area (Å²) in [7, 11) is 1.67. The van der Waals surface area contributed by atoms with Crippen LogP contribution in [0.2, 0.25) is 0 Å². The van der Waals surface area contributed by atoms with E-state index in [1.54, 1.807) is 19.2 Å². The van der Waals surface area contributed by atoms with Gasteiger partial charge >= 0.3 is 0 Å². The number of carbonyl (C=O) groups is 1. The van der Waals surface area contributed by atoms with E-state index >= 15 is 0 Å². The molecule has 15 heavy (non-hydrogen) atoms. The van der Waals surface area contributed by atoms with E-state index in [2.05, 4.69) is 15.2 Å². The van der Waals surface area contributed by atoms with Crippen LogP contribution < -0.4 is 0 Å². The number of nitrogens with zero attached hydrogens (tertiary/aromatic N) is 3. The summed E-state index contributed by atoms with van der Waals surface area (Å²) < 4.78 is 5.00. The molecule has 0 saturated carbocycles. The molecule has 0 aliphatic heterocycles. The maximum atomic E-state index is 11.7. The fraction of sp³-hybridized carbons (Fsp3) is 0.222. The molecule has 1 N–H and O–H groups in total. The molecular weight excluding hydrogens is 196 g/mol. The highest BCUT2D eigenvalue weighted by atomic mass is 16.3. The summed E-state index contributed by atoms with van der Waals surface area (Å²) in [6.45, 7) is 0.375. The molecule has 0 fully saturated rings. The molecule has 2 rings (SSSR count). The quantitative estimate of drug-likeness (QED) is 0.800. The highest BCUT2D eigenvalue weighted by molar-refractivity contribution is 5.91. The highest BCUT2D eigenvalue weighted by Gasteiger charge is 2.15. The van der Waals surface area contributed by atoms with E-state index in [0.717, 1.165) is 0 Å². The third kappa shape index (κ3) is 2.04. The highest BCUT2D eigenvalue weighted by Crippen LogP contribution is 2.05. The molecule has 2 aromatic rings. The number of furan rings is 1. The number of carbonyl (C=O) groups excluding carboxylic acids is 1. The van der Waals surface area contributed by atoms with Crippen molar-refractivity contribution in [3.8, 4) is 0 Å². The molecule has 0 unspecified atom stereocenters. The first-order valence-electron chi connectivity index (χ1n) is 4.40. The lowest BCUT2D eigenvalue weighted by molar-refractivity contribution is 0.0750. The van der Waals surface area contributed by atoms with Gasteiger partial charge in [-0.1, -0.05) is 0 Å². The van der Waals surface area contributed by atoms with Gasteiger partial charge in [-0.05, 0) is 12.1 Å². The zero-order valence-electron chi connectivity index (χ0n) is 8.17. The van der Waals surface area contributed by atoms with Crippen LogP contribution in [0.5, 0.6) is 0 Å². The van der Waals surface area contributed by atoms with Gasteiger partial charge in [0, 0.05) is 7.05 Å². The predicted molar refractivity (Wildman–Crippen MR) is 50.9 cm³/mol. The number of nitrogens with one attached hydrogen (secondary N) is 1. The van der Waals surface area contributed by atoms with Gasteiger partial charge in [0.05, 0.1) is 12.8 Å². The van der Waals surface area contributed by atoms with Crippen molar-refractivity contribution >= 4 is 5.91 Å². The van der Waals surface area contributed by atoms with Gasteiger partial charge in [0.15, 0.2) is 5.76 Å². The first kappa shape index (κ1) is 9.45. The molecule has 1 amide bonds. The smallest absolute Gasteiger partial charge is 0.289 e. The number of amides is 1. The van der Waals surface area contributed by atoms with Crippen molar-refractivity contribution in [2.45, 2.75) is 6.54 Å². The molecular formula is C9H10N4O2. The molecule has 6 nitrogen and oxygen atoms in total. The second-order valence-electron chi connectivity index (χ2n) is 3.07. The molecule has 6 heteroatoms. The Hall–Kier alpha value is -2.11. The number of H-pyrrole nitrogens is 1. The number of aromatic amines is 1. The van der Waals surface area contributed by atoms with Crippen molar-refractivity contribution in [2.24, 2.45) is 0 Å². The summed E-state index contributed by atoms with van der Waals surface area (Å²) in [5, 5.41) is 6.38. The first-order chi connectivity index (χ1) is 7.27. The minimum atomic E-state index is -0.184. The zero-order chi connectivity index (χ0) is 10.7. The Morgan fingerprint density at radius 3 is 3.13 bits per heavy atom. The molecule has 0 aliphatic rings. The van der Waals surface area contributed by atoms with Crippen LogP contribution in [0.1, 0.15) is 16.4 Å². The van der Waals surface area contributed by atoms with Crippen LogP contribution in [0, 0.1) is 0 Å². The third-order valence-electron chi connectivity index (χ3n) is 1.93. The summed E-state index contributed by atoms with van der Waals surface area (Å²) in [5.74, 6) is 0.769. The van der Waals surface area contributed by atoms with E-state index in [-0.39, 0.29) is 5.91 Å². The molecule has 0 bridgehead atoms. The van der Waals surface area contributed by atoms with Gasteiger partial charge in [-0.15, -0.1) is 0 Å². The molecule has 78 valence electrons. The minimum absolute atomic E-state index is 0.184. The van der Waals surface area contributed by atoms with Crippen LogP contribution in [0.15, 0.2) is 29.1 Å². The lowest BCUT2D eigenvalue weighted by atomic mass is 10.4. The Bertz CT molecular complexity index is 421. The van der Waals surface area contributed by atoms with E-state index in [1.165, 1.54) is 17.5 Å². The largest absolute Gasteiger partial charge is 0.459 e. The Balaban J connectivity index is 2.03. The Labute approximate surface area is 85.9 Å². The fourth-order valence-corrected chi connectivity index (χ4v) is 1.19. The molecule has 0 aliphatic carbocycles. The molecule has 0 saturated heterocycles. The Morgan fingerprint density at radius 2 is 2.53 bits per heavy atom. The first-order valence-corrected chi connectivity index (χ1v) is 4.40. The molecule has 0 radical (unpaired) electrons. The molecule has 0 spiro atoms. The van der Waals surface area contributed by atoms with E-state index in [0.29, 0.717) is 18.1 Å². The van der Waals surface area contributed by atoms with Crippen molar-refractivity contribution in [2.75, 3.05) is 7.05 Å². The van der Waals surface area contributed by atoms with Crippen molar-refractivity contribution in [1.29, 1.82) is 0 Å². The van der Waals surface area contributed by atoms with Crippen molar-refractivity contribution in [3.63, 3.8) is 0 Å². The fourth-order valence-electron chi connectivity index (χ4n) is 1.19. The van der Waals surface area contributed by atoms with Gasteiger partial charge < -0.3 is 9.32 Å². The van der Waals surface area contributed by atoms with Crippen LogP contribution in [0.3, 0.4) is 0 Å². The molecule has 2 aromatic heterocycles. The maximum Gasteiger partial charge on any atom is 0.289 e. The number of hydrogen-bond acceptors (Lipinski definition) is 4. The SMILES string of the molecule is CN(Cc1ncn[nH]1)C(=O)c1ccco1. The topological polar surface area (TPSA) is 75.0 Å². The second-order valence-corrected chi connectivity index (χ2v) is 3.07. The monoisotopic (exact) mass is 206 g/mol. The van der Waals surface area contributed by atoms with E-state index in [4.69, 9.17) is 4.42 Å². The normalized spacial score (nSPS) is 10.2. The Morgan fingerprint density at radius 1 is 1.67 bits per heavy atom. The lowest BCUT2D eigenvalue weighted by Crippen LogP contribution is -2.26. The number of hydrogen-bond donors (Lipinski definition) is 1. The second kappa shape index (κ2) is 3.95. The number of rotatable bonds is 3. The van der Waals surface area contributed by atoms with Gasteiger partial charge in [0.2, 0.25) is 0 Å². The van der Waals surface area contributed by atoms with Crippen LogP contribution in [0.25, 0.3) is 0 Å². The van der Waals surface area contributed by atoms with Gasteiger partial charge in [-0.3, -0.25) is 9.89 Å². The predicted octanol–water partition coefficient (Wildman–Crippen LogP) is 0.670. The average Bonchev–Trinajstić information content (AvgIpc) is 2.88. The van der Waals surface area contributed by atoms with Crippen molar-refractivity contribution < 1.29 is 9.21 Å². The van der Waals surface area contributed by atoms with E-state index in [1.807, 2.05) is 0 Å². The summed E-state index contributed by atoms with van der Waals surface area (Å²) >= 11 is 0. The summed E-state index contributed by atoms with van der Waals surface area (Å²) in [5.41, 5.74) is 0. The molecule has 2 heterocycles. The minimum Gasteiger partial charge on any atom is -0.459 e.